The molecule has 0 radical (unpaired) electrons. The summed E-state index contributed by atoms with van der Waals surface area (Å²) >= 11 is 0. The maximum absolute atomic E-state index is 12.0. The summed E-state index contributed by atoms with van der Waals surface area (Å²) in [7, 11) is -2.24. The normalized spacial score (nSPS) is 12.6. The molecular formula is C13H16O6S. The van der Waals surface area contributed by atoms with Crippen molar-refractivity contribution < 1.29 is 27.5 Å². The first-order chi connectivity index (χ1) is 9.16. The lowest BCUT2D eigenvalue weighted by atomic mass is 10.1. The maximum atomic E-state index is 12.0. The first-order valence-corrected chi connectivity index (χ1v) is 7.65. The minimum Gasteiger partial charge on any atom is -0.466 e. The van der Waals surface area contributed by atoms with E-state index in [1.165, 1.54) is 32.2 Å². The van der Waals surface area contributed by atoms with Gasteiger partial charge in [0.05, 0.1) is 17.6 Å². The van der Waals surface area contributed by atoms with E-state index in [-0.39, 0.29) is 10.5 Å². The van der Waals surface area contributed by atoms with Crippen molar-refractivity contribution in [1.29, 1.82) is 0 Å². The molecule has 0 saturated carbocycles. The largest absolute Gasteiger partial charge is 0.466 e. The molecule has 7 heteroatoms. The average Bonchev–Trinajstić information content (AvgIpc) is 2.36. The van der Waals surface area contributed by atoms with Crippen LogP contribution in [0.15, 0.2) is 23.1 Å². The van der Waals surface area contributed by atoms with Crippen LogP contribution in [0.5, 0.6) is 0 Å². The van der Waals surface area contributed by atoms with Gasteiger partial charge in [0.1, 0.15) is 0 Å². The van der Waals surface area contributed by atoms with E-state index < -0.39 is 27.9 Å². The van der Waals surface area contributed by atoms with Gasteiger partial charge >= 0.3 is 11.9 Å². The molecule has 0 heterocycles. The molecule has 0 fully saturated rings. The molecule has 1 rings (SSSR count). The third-order valence-corrected chi connectivity index (χ3v) is 3.78. The molecule has 0 aliphatic rings. The molecule has 1 aromatic rings. The summed E-state index contributed by atoms with van der Waals surface area (Å²) in [6.45, 7) is 3.02. The summed E-state index contributed by atoms with van der Waals surface area (Å²) in [6, 6.07) is 4.15. The molecule has 1 atom stereocenters. The summed E-state index contributed by atoms with van der Waals surface area (Å²) in [6.07, 6.45) is -0.0158. The third-order valence-electron chi connectivity index (χ3n) is 2.67. The summed E-state index contributed by atoms with van der Waals surface area (Å²) in [4.78, 5) is 23.2. The van der Waals surface area contributed by atoms with Crippen molar-refractivity contribution in [2.45, 2.75) is 24.8 Å². The fourth-order valence-corrected chi connectivity index (χ4v) is 2.14. The monoisotopic (exact) mass is 300 g/mol. The number of esters is 2. The van der Waals surface area contributed by atoms with Gasteiger partial charge in [-0.2, -0.15) is 0 Å². The Morgan fingerprint density at radius 1 is 1.25 bits per heavy atom. The summed E-state index contributed by atoms with van der Waals surface area (Å²) in [5.74, 6) is -1.46. The molecule has 0 aromatic heterocycles. The first kappa shape index (κ1) is 16.2. The number of methoxy groups -OCH3 is 1. The highest BCUT2D eigenvalue weighted by atomic mass is 32.2. The van der Waals surface area contributed by atoms with Gasteiger partial charge in [0.2, 0.25) is 0 Å². The van der Waals surface area contributed by atoms with E-state index in [4.69, 9.17) is 4.74 Å². The van der Waals surface area contributed by atoms with E-state index in [9.17, 15) is 18.0 Å². The van der Waals surface area contributed by atoms with Crippen LogP contribution < -0.4 is 0 Å². The molecule has 0 spiro atoms. The Bertz CT molecular complexity index is 632. The second-order valence-electron chi connectivity index (χ2n) is 4.32. The molecule has 0 aliphatic heterocycles. The van der Waals surface area contributed by atoms with Gasteiger partial charge in [-0.25, -0.2) is 18.0 Å². The molecule has 20 heavy (non-hydrogen) atoms. The van der Waals surface area contributed by atoms with Crippen molar-refractivity contribution >= 4 is 21.8 Å². The first-order valence-electron chi connectivity index (χ1n) is 5.76. The summed E-state index contributed by atoms with van der Waals surface area (Å²) in [5.41, 5.74) is 0.656. The topological polar surface area (TPSA) is 86.7 Å². The molecule has 0 amide bonds. The predicted molar refractivity (Wildman–Crippen MR) is 71.2 cm³/mol. The number of ether oxygens (including phenoxy) is 2. The SMILES string of the molecule is COC(=O)[C@H](C)OC(=O)c1cc(S(C)(=O)=O)ccc1C. The van der Waals surface area contributed by atoms with Crippen LogP contribution in [0.3, 0.4) is 0 Å². The van der Waals surface area contributed by atoms with E-state index in [1.807, 2.05) is 0 Å². The van der Waals surface area contributed by atoms with Gasteiger partial charge in [-0.1, -0.05) is 6.07 Å². The van der Waals surface area contributed by atoms with Crippen LogP contribution in [-0.2, 0) is 24.1 Å². The highest BCUT2D eigenvalue weighted by Gasteiger charge is 2.21. The summed E-state index contributed by atoms with van der Waals surface area (Å²) in [5, 5.41) is 0. The number of benzene rings is 1. The van der Waals surface area contributed by atoms with Crippen LogP contribution in [0.1, 0.15) is 22.8 Å². The number of rotatable bonds is 4. The zero-order valence-corrected chi connectivity index (χ0v) is 12.5. The number of hydrogen-bond donors (Lipinski definition) is 0. The van der Waals surface area contributed by atoms with Crippen LogP contribution >= 0.6 is 0 Å². The zero-order chi connectivity index (χ0) is 15.5. The molecule has 0 N–H and O–H groups in total. The molecule has 0 unspecified atom stereocenters. The fourth-order valence-electron chi connectivity index (χ4n) is 1.49. The Hall–Kier alpha value is -1.89. The van der Waals surface area contributed by atoms with Gasteiger partial charge < -0.3 is 9.47 Å². The highest BCUT2D eigenvalue weighted by Crippen LogP contribution is 2.17. The number of hydrogen-bond acceptors (Lipinski definition) is 6. The Balaban J connectivity index is 3.07. The lowest BCUT2D eigenvalue weighted by Gasteiger charge is -2.12. The molecule has 0 saturated heterocycles. The highest BCUT2D eigenvalue weighted by molar-refractivity contribution is 7.90. The lowest BCUT2D eigenvalue weighted by molar-refractivity contribution is -0.149. The minimum absolute atomic E-state index is 0.0146. The van der Waals surface area contributed by atoms with Crippen molar-refractivity contribution in [2.75, 3.05) is 13.4 Å². The molecule has 1 aromatic carbocycles. The van der Waals surface area contributed by atoms with Crippen LogP contribution in [-0.4, -0.2) is 39.8 Å². The number of aryl methyl sites for hydroxylation is 1. The summed E-state index contributed by atoms with van der Waals surface area (Å²) < 4.78 is 32.3. The lowest BCUT2D eigenvalue weighted by Crippen LogP contribution is -2.25. The minimum atomic E-state index is -3.42. The second-order valence-corrected chi connectivity index (χ2v) is 6.34. The fraction of sp³-hybridized carbons (Fsp3) is 0.385. The Morgan fingerprint density at radius 2 is 1.85 bits per heavy atom. The van der Waals surface area contributed by atoms with Gasteiger partial charge in [-0.3, -0.25) is 0 Å². The quantitative estimate of drug-likeness (QED) is 0.774. The van der Waals surface area contributed by atoms with E-state index in [0.717, 1.165) is 6.26 Å². The van der Waals surface area contributed by atoms with Gasteiger partial charge in [-0.05, 0) is 31.5 Å². The van der Waals surface area contributed by atoms with Crippen LogP contribution in [0.2, 0.25) is 0 Å². The van der Waals surface area contributed by atoms with Crippen LogP contribution in [0.4, 0.5) is 0 Å². The molecule has 0 bridgehead atoms. The number of carbonyl (C=O) groups is 2. The van der Waals surface area contributed by atoms with Crippen LogP contribution in [0, 0.1) is 6.92 Å². The number of carbonyl (C=O) groups excluding carboxylic acids is 2. The van der Waals surface area contributed by atoms with Gasteiger partial charge in [0.15, 0.2) is 15.9 Å². The molecule has 6 nitrogen and oxygen atoms in total. The van der Waals surface area contributed by atoms with Gasteiger partial charge in [0, 0.05) is 6.26 Å². The zero-order valence-electron chi connectivity index (χ0n) is 11.7. The molecule has 110 valence electrons. The Morgan fingerprint density at radius 3 is 2.35 bits per heavy atom. The maximum Gasteiger partial charge on any atom is 0.346 e. The Kier molecular flexibility index (Phi) is 4.88. The van der Waals surface area contributed by atoms with Crippen LogP contribution in [0.25, 0.3) is 0 Å². The van der Waals surface area contributed by atoms with E-state index >= 15 is 0 Å². The third kappa shape index (κ3) is 3.80. The van der Waals surface area contributed by atoms with E-state index in [2.05, 4.69) is 4.74 Å². The molecular weight excluding hydrogens is 284 g/mol. The standard InChI is InChI=1S/C13H16O6S/c1-8-5-6-10(20(4,16)17)7-11(8)13(15)19-9(2)12(14)18-3/h5-7,9H,1-4H3/t9-/m0/s1. The van der Waals surface area contributed by atoms with Crippen molar-refractivity contribution in [3.05, 3.63) is 29.3 Å². The van der Waals surface area contributed by atoms with Gasteiger partial charge in [0.25, 0.3) is 0 Å². The predicted octanol–water partition coefficient (Wildman–Crippen LogP) is 1.12. The van der Waals surface area contributed by atoms with Crippen molar-refractivity contribution in [2.24, 2.45) is 0 Å². The second kappa shape index (κ2) is 6.04. The van der Waals surface area contributed by atoms with Crippen molar-refractivity contribution in [3.63, 3.8) is 0 Å². The van der Waals surface area contributed by atoms with Crippen molar-refractivity contribution in [3.8, 4) is 0 Å². The average molecular weight is 300 g/mol. The van der Waals surface area contributed by atoms with Gasteiger partial charge in [-0.15, -0.1) is 0 Å². The smallest absolute Gasteiger partial charge is 0.346 e. The molecule has 0 aliphatic carbocycles. The number of sulfone groups is 1. The Labute approximate surface area is 117 Å². The van der Waals surface area contributed by atoms with Crippen molar-refractivity contribution in [1.82, 2.24) is 0 Å². The van der Waals surface area contributed by atoms with E-state index in [0.29, 0.717) is 5.56 Å². The van der Waals surface area contributed by atoms with E-state index in [1.54, 1.807) is 6.92 Å².